The Kier molecular flexibility index (Phi) is 4.52. The molecule has 8 heteroatoms. The fourth-order valence-electron chi connectivity index (χ4n) is 3.32. The smallest absolute Gasteiger partial charge is 0.280 e. The molecule has 0 atom stereocenters. The molecule has 1 saturated heterocycles. The third-order valence-electron chi connectivity index (χ3n) is 5.43. The van der Waals surface area contributed by atoms with Gasteiger partial charge in [-0.2, -0.15) is 0 Å². The van der Waals surface area contributed by atoms with Crippen LogP contribution in [-0.4, -0.2) is 41.2 Å². The molecular weight excluding hydrogens is 345 g/mol. The summed E-state index contributed by atoms with van der Waals surface area (Å²) in [6.45, 7) is 0.800. The molecule has 3 fully saturated rings. The molecule has 142 valence electrons. The largest absolute Gasteiger partial charge is 0.356 e. The Bertz CT molecular complexity index is 663. The summed E-state index contributed by atoms with van der Waals surface area (Å²) in [4.78, 5) is 22.0. The van der Waals surface area contributed by atoms with E-state index in [1.165, 1.54) is 6.07 Å². The highest BCUT2D eigenvalue weighted by molar-refractivity contribution is 5.80. The number of piperidine rings is 1. The van der Waals surface area contributed by atoms with Crippen molar-refractivity contribution in [3.63, 3.8) is 0 Å². The Balaban J connectivity index is 1.40. The van der Waals surface area contributed by atoms with Gasteiger partial charge in [-0.25, -0.2) is 23.1 Å². The van der Waals surface area contributed by atoms with Gasteiger partial charge < -0.3 is 10.2 Å². The first-order chi connectivity index (χ1) is 12.4. The van der Waals surface area contributed by atoms with Crippen molar-refractivity contribution in [2.75, 3.05) is 24.5 Å². The van der Waals surface area contributed by atoms with Crippen LogP contribution in [-0.2, 0) is 4.79 Å². The van der Waals surface area contributed by atoms with Gasteiger partial charge in [0.2, 0.25) is 5.91 Å². The zero-order chi connectivity index (χ0) is 18.3. The average Bonchev–Trinajstić information content (AvgIpc) is 3.51. The first kappa shape index (κ1) is 17.5. The number of hydrogen-bond donors (Lipinski definition) is 1. The first-order valence-corrected chi connectivity index (χ1v) is 9.32. The van der Waals surface area contributed by atoms with Crippen molar-refractivity contribution in [2.45, 2.75) is 56.5 Å². The summed E-state index contributed by atoms with van der Waals surface area (Å²) in [5.41, 5.74) is -1.70. The van der Waals surface area contributed by atoms with Crippen LogP contribution in [0.4, 0.5) is 19.0 Å². The van der Waals surface area contributed by atoms with Crippen LogP contribution in [0, 0.1) is 5.92 Å². The summed E-state index contributed by atoms with van der Waals surface area (Å²) in [5.74, 6) is 1.12. The standard InChI is InChI=1S/C18H23F3N4O/c19-15(20)13-9-14(24-16(23-13)11-1-2-11)25-7-5-18(21,6-8-25)10-22-17(26)12-3-4-12/h9,11-12,15H,1-8,10H2,(H,22,26). The van der Waals surface area contributed by atoms with Gasteiger partial charge >= 0.3 is 0 Å². The van der Waals surface area contributed by atoms with Crippen molar-refractivity contribution >= 4 is 11.7 Å². The molecule has 0 aromatic carbocycles. The maximum atomic E-state index is 14.9. The van der Waals surface area contributed by atoms with Crippen LogP contribution in [0.3, 0.4) is 0 Å². The molecule has 2 saturated carbocycles. The van der Waals surface area contributed by atoms with Crippen molar-refractivity contribution in [1.29, 1.82) is 0 Å². The van der Waals surface area contributed by atoms with E-state index >= 15 is 0 Å². The van der Waals surface area contributed by atoms with E-state index in [1.807, 2.05) is 4.90 Å². The maximum Gasteiger partial charge on any atom is 0.280 e. The van der Waals surface area contributed by atoms with Crippen molar-refractivity contribution in [1.82, 2.24) is 15.3 Å². The zero-order valence-electron chi connectivity index (χ0n) is 14.6. The summed E-state index contributed by atoms with van der Waals surface area (Å²) >= 11 is 0. The SMILES string of the molecule is O=C(NCC1(F)CCN(c2cc(C(F)F)nc(C3CC3)n2)CC1)C1CC1. The lowest BCUT2D eigenvalue weighted by Crippen LogP contribution is -2.48. The lowest BCUT2D eigenvalue weighted by atomic mass is 9.93. The van der Waals surface area contributed by atoms with Gasteiger partial charge in [-0.05, 0) is 25.7 Å². The Morgan fingerprint density at radius 2 is 1.92 bits per heavy atom. The molecule has 0 unspecified atom stereocenters. The molecule has 1 aromatic heterocycles. The number of aromatic nitrogens is 2. The highest BCUT2D eigenvalue weighted by Crippen LogP contribution is 2.40. The normalized spacial score (nSPS) is 22.5. The number of nitrogens with zero attached hydrogens (tertiary/aromatic N) is 3. The molecule has 0 bridgehead atoms. The number of hydrogen-bond acceptors (Lipinski definition) is 4. The Morgan fingerprint density at radius 3 is 2.50 bits per heavy atom. The number of rotatable bonds is 6. The minimum Gasteiger partial charge on any atom is -0.356 e. The minimum absolute atomic E-state index is 0.0234. The molecule has 1 amide bonds. The predicted octanol–water partition coefficient (Wildman–Crippen LogP) is 3.13. The van der Waals surface area contributed by atoms with E-state index in [0.29, 0.717) is 24.7 Å². The Hall–Kier alpha value is -1.86. The summed E-state index contributed by atoms with van der Waals surface area (Å²) in [6, 6.07) is 1.32. The van der Waals surface area contributed by atoms with E-state index in [0.717, 1.165) is 25.7 Å². The summed E-state index contributed by atoms with van der Waals surface area (Å²) in [6.07, 6.45) is 1.48. The summed E-state index contributed by atoms with van der Waals surface area (Å²) < 4.78 is 41.2. The topological polar surface area (TPSA) is 58.1 Å². The number of alkyl halides is 3. The molecule has 0 radical (unpaired) electrons. The number of carbonyl (C=O) groups excluding carboxylic acids is 1. The van der Waals surface area contributed by atoms with E-state index in [4.69, 9.17) is 0 Å². The molecule has 1 N–H and O–H groups in total. The van der Waals surface area contributed by atoms with Gasteiger partial charge in [0, 0.05) is 43.8 Å². The van der Waals surface area contributed by atoms with Crippen LogP contribution in [0.15, 0.2) is 6.07 Å². The second-order valence-corrected chi connectivity index (χ2v) is 7.71. The van der Waals surface area contributed by atoms with E-state index in [2.05, 4.69) is 15.3 Å². The highest BCUT2D eigenvalue weighted by atomic mass is 19.3. The van der Waals surface area contributed by atoms with Crippen molar-refractivity contribution in [3.05, 3.63) is 17.6 Å². The minimum atomic E-state index is -2.64. The third-order valence-corrected chi connectivity index (χ3v) is 5.43. The summed E-state index contributed by atoms with van der Waals surface area (Å²) in [7, 11) is 0. The highest BCUT2D eigenvalue weighted by Gasteiger charge is 2.38. The van der Waals surface area contributed by atoms with Crippen molar-refractivity contribution in [2.24, 2.45) is 5.92 Å². The molecular formula is C18H23F3N4O. The van der Waals surface area contributed by atoms with E-state index < -0.39 is 12.1 Å². The monoisotopic (exact) mass is 368 g/mol. The van der Waals surface area contributed by atoms with Crippen LogP contribution in [0.25, 0.3) is 0 Å². The van der Waals surface area contributed by atoms with Gasteiger partial charge in [-0.3, -0.25) is 4.79 Å². The van der Waals surface area contributed by atoms with Crippen LogP contribution in [0.5, 0.6) is 0 Å². The Labute approximate surface area is 150 Å². The van der Waals surface area contributed by atoms with E-state index in [1.54, 1.807) is 0 Å². The summed E-state index contributed by atoms with van der Waals surface area (Å²) in [5, 5.41) is 2.71. The molecule has 26 heavy (non-hydrogen) atoms. The molecule has 5 nitrogen and oxygen atoms in total. The van der Waals surface area contributed by atoms with Gasteiger partial charge in [-0.1, -0.05) is 0 Å². The predicted molar refractivity (Wildman–Crippen MR) is 90.0 cm³/mol. The van der Waals surface area contributed by atoms with Gasteiger partial charge in [-0.15, -0.1) is 0 Å². The molecule has 3 aliphatic rings. The quantitative estimate of drug-likeness (QED) is 0.838. The number of carbonyl (C=O) groups is 1. The molecule has 1 aromatic rings. The molecule has 0 spiro atoms. The van der Waals surface area contributed by atoms with Gasteiger partial charge in [0.05, 0.1) is 6.54 Å². The van der Waals surface area contributed by atoms with Crippen LogP contribution in [0.1, 0.15) is 62.4 Å². The van der Waals surface area contributed by atoms with E-state index in [9.17, 15) is 18.0 Å². The fourth-order valence-corrected chi connectivity index (χ4v) is 3.32. The van der Waals surface area contributed by atoms with Gasteiger partial charge in [0.25, 0.3) is 6.43 Å². The van der Waals surface area contributed by atoms with Crippen LogP contribution < -0.4 is 10.2 Å². The number of nitrogens with one attached hydrogen (secondary N) is 1. The molecule has 4 rings (SSSR count). The van der Waals surface area contributed by atoms with Gasteiger partial charge in [0.15, 0.2) is 0 Å². The second kappa shape index (κ2) is 6.70. The zero-order valence-corrected chi connectivity index (χ0v) is 14.6. The van der Waals surface area contributed by atoms with Crippen molar-refractivity contribution < 1.29 is 18.0 Å². The van der Waals surface area contributed by atoms with E-state index in [-0.39, 0.29) is 42.8 Å². The second-order valence-electron chi connectivity index (χ2n) is 7.71. The first-order valence-electron chi connectivity index (χ1n) is 9.32. The average molecular weight is 368 g/mol. The number of anilines is 1. The van der Waals surface area contributed by atoms with Crippen LogP contribution >= 0.6 is 0 Å². The lowest BCUT2D eigenvalue weighted by molar-refractivity contribution is -0.123. The molecule has 2 aliphatic carbocycles. The van der Waals surface area contributed by atoms with Gasteiger partial charge in [0.1, 0.15) is 23.0 Å². The van der Waals surface area contributed by atoms with Crippen molar-refractivity contribution in [3.8, 4) is 0 Å². The Morgan fingerprint density at radius 1 is 1.23 bits per heavy atom. The maximum absolute atomic E-state index is 14.9. The number of halogens is 3. The van der Waals surface area contributed by atoms with Crippen LogP contribution in [0.2, 0.25) is 0 Å². The lowest BCUT2D eigenvalue weighted by Gasteiger charge is -2.37. The number of amides is 1. The third kappa shape index (κ3) is 3.94. The fraction of sp³-hybridized carbons (Fsp3) is 0.722. The molecule has 2 heterocycles. The molecule has 1 aliphatic heterocycles.